The Morgan fingerprint density at radius 3 is 2.78 bits per heavy atom. The van der Waals surface area contributed by atoms with Crippen molar-refractivity contribution in [2.45, 2.75) is 32.3 Å². The number of piperidine rings is 1. The van der Waals surface area contributed by atoms with Gasteiger partial charge in [-0.05, 0) is 37.1 Å². The molecular formula is C25H30ClN5O5. The number of Topliss-reactive ketones (excluding diaryl/α,β-unsaturated/α-hetero) is 1. The molecule has 0 unspecified atom stereocenters. The van der Waals surface area contributed by atoms with Gasteiger partial charge in [0, 0.05) is 37.6 Å². The Bertz CT molecular complexity index is 1290. The normalized spacial score (nSPS) is 14.3. The maximum atomic E-state index is 12.6. The van der Waals surface area contributed by atoms with E-state index >= 15 is 0 Å². The summed E-state index contributed by atoms with van der Waals surface area (Å²) >= 11 is 6.39. The van der Waals surface area contributed by atoms with Gasteiger partial charge in [-0.1, -0.05) is 18.5 Å². The number of hydrogen-bond acceptors (Lipinski definition) is 9. The Labute approximate surface area is 213 Å². The lowest BCUT2D eigenvalue weighted by Crippen LogP contribution is -2.38. The van der Waals surface area contributed by atoms with E-state index in [1.807, 2.05) is 18.2 Å². The van der Waals surface area contributed by atoms with Gasteiger partial charge >= 0.3 is 0 Å². The first kappa shape index (κ1) is 25.9. The molecule has 1 saturated heterocycles. The fourth-order valence-corrected chi connectivity index (χ4v) is 4.21. The smallest absolute Gasteiger partial charge is 0.293 e. The average Bonchev–Trinajstić information content (AvgIpc) is 2.90. The van der Waals surface area contributed by atoms with Gasteiger partial charge in [-0.25, -0.2) is 4.98 Å². The molecule has 2 aromatic heterocycles. The number of benzene rings is 1. The number of fused-ring (bicyclic) bond motifs is 1. The fraction of sp³-hybridized carbons (Fsp3) is 0.440. The lowest BCUT2D eigenvalue weighted by atomic mass is 10.1. The molecule has 0 spiro atoms. The number of pyridine rings is 1. The SMILES string of the molecule is CCC(=O)COc1cc2cc(Nc3nc(N4CCC(OCCO)CC4)ncc3Cl)ccc2n(C)c1=O. The number of carbonyl (C=O) groups excluding carboxylic acids is 1. The van der Waals surface area contributed by atoms with Crippen molar-refractivity contribution in [2.24, 2.45) is 7.05 Å². The van der Waals surface area contributed by atoms with Gasteiger partial charge in [-0.3, -0.25) is 9.59 Å². The number of halogens is 1. The van der Waals surface area contributed by atoms with Crippen molar-refractivity contribution in [3.63, 3.8) is 0 Å². The van der Waals surface area contributed by atoms with Gasteiger partial charge in [-0.2, -0.15) is 4.98 Å². The third kappa shape index (κ3) is 5.95. The van der Waals surface area contributed by atoms with Crippen LogP contribution in [0.3, 0.4) is 0 Å². The van der Waals surface area contributed by atoms with Crippen LogP contribution < -0.4 is 20.5 Å². The maximum absolute atomic E-state index is 12.6. The summed E-state index contributed by atoms with van der Waals surface area (Å²) < 4.78 is 12.6. The highest BCUT2D eigenvalue weighted by atomic mass is 35.5. The van der Waals surface area contributed by atoms with E-state index in [-0.39, 0.29) is 36.4 Å². The van der Waals surface area contributed by atoms with E-state index in [9.17, 15) is 9.59 Å². The molecule has 1 aliphatic heterocycles. The topological polar surface area (TPSA) is 119 Å². The Morgan fingerprint density at radius 1 is 1.28 bits per heavy atom. The Hall–Kier alpha value is -3.21. The summed E-state index contributed by atoms with van der Waals surface area (Å²) in [6, 6.07) is 7.17. The second-order valence-corrected chi connectivity index (χ2v) is 9.01. The summed E-state index contributed by atoms with van der Waals surface area (Å²) in [5.41, 5.74) is 1.14. The Morgan fingerprint density at radius 2 is 2.06 bits per heavy atom. The van der Waals surface area contributed by atoms with Crippen LogP contribution in [0.4, 0.5) is 17.5 Å². The van der Waals surface area contributed by atoms with Crippen molar-refractivity contribution in [1.29, 1.82) is 0 Å². The monoisotopic (exact) mass is 515 g/mol. The lowest BCUT2D eigenvalue weighted by Gasteiger charge is -2.32. The zero-order chi connectivity index (χ0) is 25.7. The zero-order valence-electron chi connectivity index (χ0n) is 20.4. The molecule has 0 amide bonds. The molecule has 2 N–H and O–H groups in total. The van der Waals surface area contributed by atoms with E-state index in [1.165, 1.54) is 4.57 Å². The first-order chi connectivity index (χ1) is 17.4. The lowest BCUT2D eigenvalue weighted by molar-refractivity contribution is -0.120. The maximum Gasteiger partial charge on any atom is 0.293 e. The van der Waals surface area contributed by atoms with Crippen LogP contribution in [0.2, 0.25) is 5.02 Å². The van der Waals surface area contributed by atoms with Crippen LogP contribution in [0.15, 0.2) is 35.3 Å². The number of aryl methyl sites for hydroxylation is 1. The molecule has 1 aromatic carbocycles. The van der Waals surface area contributed by atoms with Crippen LogP contribution in [-0.2, 0) is 16.6 Å². The van der Waals surface area contributed by atoms with Gasteiger partial charge in [0.1, 0.15) is 11.6 Å². The van der Waals surface area contributed by atoms with E-state index in [4.69, 9.17) is 26.2 Å². The quantitative estimate of drug-likeness (QED) is 0.420. The molecule has 4 rings (SSSR count). The predicted molar refractivity (Wildman–Crippen MR) is 139 cm³/mol. The molecule has 0 aliphatic carbocycles. The molecule has 11 heteroatoms. The first-order valence-corrected chi connectivity index (χ1v) is 12.3. The number of aromatic nitrogens is 3. The largest absolute Gasteiger partial charge is 0.480 e. The summed E-state index contributed by atoms with van der Waals surface area (Å²) in [6.07, 6.45) is 3.70. The van der Waals surface area contributed by atoms with Gasteiger partial charge in [0.25, 0.3) is 5.56 Å². The summed E-state index contributed by atoms with van der Waals surface area (Å²) in [5, 5.41) is 13.3. The second kappa shape index (κ2) is 11.7. The van der Waals surface area contributed by atoms with Gasteiger partial charge in [0.2, 0.25) is 5.95 Å². The van der Waals surface area contributed by atoms with E-state index in [0.717, 1.165) is 42.5 Å². The number of hydrogen-bond donors (Lipinski definition) is 2. The minimum atomic E-state index is -0.305. The van der Waals surface area contributed by atoms with Crippen LogP contribution in [-0.4, -0.2) is 64.4 Å². The van der Waals surface area contributed by atoms with Crippen molar-refractivity contribution in [2.75, 3.05) is 43.1 Å². The van der Waals surface area contributed by atoms with E-state index < -0.39 is 0 Å². The van der Waals surface area contributed by atoms with Gasteiger partial charge in [0.05, 0.1) is 31.0 Å². The predicted octanol–water partition coefficient (Wildman–Crippen LogP) is 3.06. The zero-order valence-corrected chi connectivity index (χ0v) is 21.1. The number of ketones is 1. The summed E-state index contributed by atoms with van der Waals surface area (Å²) in [4.78, 5) is 35.4. The Kier molecular flexibility index (Phi) is 8.40. The average molecular weight is 516 g/mol. The number of aliphatic hydroxyl groups is 1. The number of anilines is 3. The second-order valence-electron chi connectivity index (χ2n) is 8.60. The van der Waals surface area contributed by atoms with E-state index in [2.05, 4.69) is 20.2 Å². The molecule has 1 aliphatic rings. The molecule has 3 heterocycles. The van der Waals surface area contributed by atoms with Crippen molar-refractivity contribution in [3.8, 4) is 5.75 Å². The molecule has 10 nitrogen and oxygen atoms in total. The molecule has 192 valence electrons. The number of carbonyl (C=O) groups is 1. The molecule has 36 heavy (non-hydrogen) atoms. The van der Waals surface area contributed by atoms with Crippen LogP contribution >= 0.6 is 11.6 Å². The third-order valence-electron chi connectivity index (χ3n) is 6.14. The number of aliphatic hydroxyl groups excluding tert-OH is 1. The molecule has 0 atom stereocenters. The number of nitrogens with zero attached hydrogens (tertiary/aromatic N) is 4. The molecule has 0 bridgehead atoms. The highest BCUT2D eigenvalue weighted by Crippen LogP contribution is 2.28. The number of ether oxygens (including phenoxy) is 2. The fourth-order valence-electron chi connectivity index (χ4n) is 4.07. The first-order valence-electron chi connectivity index (χ1n) is 11.9. The van der Waals surface area contributed by atoms with Crippen LogP contribution in [0.5, 0.6) is 5.75 Å². The molecule has 1 fully saturated rings. The van der Waals surface area contributed by atoms with Crippen molar-refractivity contribution >= 4 is 45.7 Å². The summed E-state index contributed by atoms with van der Waals surface area (Å²) in [5.74, 6) is 1.08. The van der Waals surface area contributed by atoms with Crippen LogP contribution in [0.1, 0.15) is 26.2 Å². The molecule has 0 saturated carbocycles. The number of nitrogens with one attached hydrogen (secondary N) is 1. The molecule has 0 radical (unpaired) electrons. The minimum absolute atomic E-state index is 0.0213. The standard InChI is InChI=1S/C25H30ClN5O5/c1-3-18(33)15-36-22-13-16-12-17(4-5-21(16)30(2)24(22)34)28-23-20(26)14-27-25(29-23)31-8-6-19(7-9-31)35-11-10-32/h4-5,12-14,19,32H,3,6-11,15H2,1-2H3,(H,27,28,29). The highest BCUT2D eigenvalue weighted by molar-refractivity contribution is 6.32. The molecular weight excluding hydrogens is 486 g/mol. The third-order valence-corrected chi connectivity index (χ3v) is 6.41. The van der Waals surface area contributed by atoms with Crippen LogP contribution in [0, 0.1) is 0 Å². The Balaban J connectivity index is 1.53. The summed E-state index contributed by atoms with van der Waals surface area (Å²) in [7, 11) is 1.66. The van der Waals surface area contributed by atoms with Gasteiger partial charge in [-0.15, -0.1) is 0 Å². The molecule has 3 aromatic rings. The van der Waals surface area contributed by atoms with Gasteiger partial charge in [0.15, 0.2) is 17.4 Å². The number of rotatable bonds is 10. The van der Waals surface area contributed by atoms with Gasteiger partial charge < -0.3 is 29.4 Å². The van der Waals surface area contributed by atoms with E-state index in [0.29, 0.717) is 29.8 Å². The summed E-state index contributed by atoms with van der Waals surface area (Å²) in [6.45, 7) is 3.46. The van der Waals surface area contributed by atoms with Crippen molar-refractivity contribution < 1.29 is 19.4 Å². The van der Waals surface area contributed by atoms with Crippen LogP contribution in [0.25, 0.3) is 10.9 Å². The van der Waals surface area contributed by atoms with Crippen molar-refractivity contribution in [3.05, 3.63) is 45.8 Å². The van der Waals surface area contributed by atoms with Crippen molar-refractivity contribution in [1.82, 2.24) is 14.5 Å². The minimum Gasteiger partial charge on any atom is -0.480 e. The highest BCUT2D eigenvalue weighted by Gasteiger charge is 2.22. The van der Waals surface area contributed by atoms with E-state index in [1.54, 1.807) is 26.2 Å².